The van der Waals surface area contributed by atoms with Crippen molar-refractivity contribution in [3.05, 3.63) is 77.4 Å². The third-order valence-electron chi connectivity index (χ3n) is 4.36. The number of benzene rings is 2. The van der Waals surface area contributed by atoms with Crippen molar-refractivity contribution >= 4 is 6.03 Å². The van der Waals surface area contributed by atoms with E-state index in [1.807, 2.05) is 48.9 Å². The number of hydrogen-bond acceptors (Lipinski definition) is 3. The highest BCUT2D eigenvalue weighted by Crippen LogP contribution is 2.21. The molecule has 0 atom stereocenters. The largest absolute Gasteiger partial charge is 0.457 e. The highest BCUT2D eigenvalue weighted by molar-refractivity contribution is 5.73. The normalized spacial score (nSPS) is 10.6. The van der Waals surface area contributed by atoms with Crippen LogP contribution in [0.4, 0.5) is 9.18 Å². The van der Waals surface area contributed by atoms with Gasteiger partial charge in [0.05, 0.1) is 5.69 Å². The van der Waals surface area contributed by atoms with Crippen molar-refractivity contribution in [1.82, 2.24) is 20.4 Å². The van der Waals surface area contributed by atoms with Gasteiger partial charge in [-0.05, 0) is 68.3 Å². The predicted molar refractivity (Wildman–Crippen MR) is 109 cm³/mol. The van der Waals surface area contributed by atoms with Gasteiger partial charge in [-0.3, -0.25) is 4.68 Å². The van der Waals surface area contributed by atoms with E-state index in [4.69, 9.17) is 4.74 Å². The van der Waals surface area contributed by atoms with Crippen LogP contribution in [0.15, 0.2) is 54.6 Å². The Hall–Kier alpha value is -3.35. The molecule has 2 aromatic carbocycles. The monoisotopic (exact) mass is 396 g/mol. The molecule has 3 aromatic rings. The predicted octanol–water partition coefficient (Wildman–Crippen LogP) is 4.32. The van der Waals surface area contributed by atoms with Crippen LogP contribution in [0, 0.1) is 19.7 Å². The van der Waals surface area contributed by atoms with Crippen molar-refractivity contribution in [1.29, 1.82) is 0 Å². The van der Waals surface area contributed by atoms with Gasteiger partial charge in [-0.2, -0.15) is 5.10 Å². The van der Waals surface area contributed by atoms with Gasteiger partial charge in [-0.15, -0.1) is 0 Å². The Balaban J connectivity index is 1.36. The van der Waals surface area contributed by atoms with Crippen LogP contribution in [0.25, 0.3) is 0 Å². The van der Waals surface area contributed by atoms with Crippen LogP contribution in [0.1, 0.15) is 23.4 Å². The smallest absolute Gasteiger partial charge is 0.315 e. The summed E-state index contributed by atoms with van der Waals surface area (Å²) in [6, 6.07) is 15.1. The summed E-state index contributed by atoms with van der Waals surface area (Å²) in [6.07, 6.45) is 0.810. The fourth-order valence-corrected chi connectivity index (χ4v) is 2.89. The lowest BCUT2D eigenvalue weighted by Crippen LogP contribution is -2.35. The van der Waals surface area contributed by atoms with Crippen molar-refractivity contribution in [2.75, 3.05) is 6.54 Å². The van der Waals surface area contributed by atoms with E-state index in [0.29, 0.717) is 24.6 Å². The molecule has 1 aromatic heterocycles. The van der Waals surface area contributed by atoms with Crippen molar-refractivity contribution in [2.24, 2.45) is 0 Å². The van der Waals surface area contributed by atoms with E-state index in [9.17, 15) is 9.18 Å². The molecule has 0 aliphatic rings. The van der Waals surface area contributed by atoms with E-state index in [1.54, 1.807) is 12.1 Å². The fourth-order valence-electron chi connectivity index (χ4n) is 2.89. The molecule has 7 heteroatoms. The third kappa shape index (κ3) is 6.34. The average molecular weight is 396 g/mol. The Kier molecular flexibility index (Phi) is 6.84. The van der Waals surface area contributed by atoms with Crippen molar-refractivity contribution in [2.45, 2.75) is 33.4 Å². The molecular formula is C22H25FN4O2. The average Bonchev–Trinajstić information content (AvgIpc) is 3.03. The SMILES string of the molecule is Cc1cc(C)n(CCCNC(=O)NCc2ccc(Oc3ccc(F)cc3)cc2)n1. The molecule has 6 nitrogen and oxygen atoms in total. The summed E-state index contributed by atoms with van der Waals surface area (Å²) in [6.45, 7) is 5.76. The fraction of sp³-hybridized carbons (Fsp3) is 0.273. The molecule has 1 heterocycles. The van der Waals surface area contributed by atoms with E-state index in [-0.39, 0.29) is 11.8 Å². The number of ether oxygens (including phenoxy) is 1. The first-order valence-electron chi connectivity index (χ1n) is 9.55. The second-order valence-corrected chi connectivity index (χ2v) is 6.81. The first-order valence-corrected chi connectivity index (χ1v) is 9.55. The number of urea groups is 1. The maximum atomic E-state index is 12.9. The number of hydrogen-bond donors (Lipinski definition) is 2. The topological polar surface area (TPSA) is 68.2 Å². The van der Waals surface area contributed by atoms with Gasteiger partial charge in [0.25, 0.3) is 0 Å². The van der Waals surface area contributed by atoms with Crippen LogP contribution < -0.4 is 15.4 Å². The summed E-state index contributed by atoms with van der Waals surface area (Å²) in [5.74, 6) is 0.912. The summed E-state index contributed by atoms with van der Waals surface area (Å²) in [5.41, 5.74) is 3.08. The minimum Gasteiger partial charge on any atom is -0.457 e. The molecule has 0 bridgehead atoms. The molecule has 0 unspecified atom stereocenters. The standard InChI is InChI=1S/C22H25FN4O2/c1-16-14-17(2)27(26-16)13-3-12-24-22(28)25-15-18-4-8-20(9-5-18)29-21-10-6-19(23)7-11-21/h4-11,14H,3,12-13,15H2,1-2H3,(H2,24,25,28). The molecule has 0 aliphatic carbocycles. The number of nitrogens with one attached hydrogen (secondary N) is 2. The van der Waals surface area contributed by atoms with Gasteiger partial charge in [0.1, 0.15) is 17.3 Å². The number of aromatic nitrogens is 2. The molecule has 0 aliphatic heterocycles. The lowest BCUT2D eigenvalue weighted by atomic mass is 10.2. The zero-order chi connectivity index (χ0) is 20.6. The second-order valence-electron chi connectivity index (χ2n) is 6.81. The number of aryl methyl sites for hydroxylation is 3. The quantitative estimate of drug-likeness (QED) is 0.557. The molecule has 0 radical (unpaired) electrons. The molecule has 0 saturated heterocycles. The van der Waals surface area contributed by atoms with Crippen LogP contribution in [0.5, 0.6) is 11.5 Å². The minimum absolute atomic E-state index is 0.204. The van der Waals surface area contributed by atoms with Gasteiger partial charge in [0.15, 0.2) is 0 Å². The van der Waals surface area contributed by atoms with E-state index >= 15 is 0 Å². The van der Waals surface area contributed by atoms with Crippen LogP contribution in [-0.2, 0) is 13.1 Å². The van der Waals surface area contributed by atoms with Crippen LogP contribution >= 0.6 is 0 Å². The molecule has 0 spiro atoms. The molecule has 2 N–H and O–H groups in total. The van der Waals surface area contributed by atoms with E-state index < -0.39 is 0 Å². The van der Waals surface area contributed by atoms with Crippen molar-refractivity contribution < 1.29 is 13.9 Å². The molecule has 0 fully saturated rings. The molecule has 29 heavy (non-hydrogen) atoms. The second kappa shape index (κ2) is 9.73. The maximum absolute atomic E-state index is 12.9. The Morgan fingerprint density at radius 1 is 1.03 bits per heavy atom. The number of rotatable bonds is 8. The highest BCUT2D eigenvalue weighted by atomic mass is 19.1. The lowest BCUT2D eigenvalue weighted by Gasteiger charge is -2.09. The number of halogens is 1. The summed E-state index contributed by atoms with van der Waals surface area (Å²) < 4.78 is 20.5. The van der Waals surface area contributed by atoms with Gasteiger partial charge in [-0.25, -0.2) is 9.18 Å². The Labute approximate surface area is 169 Å². The van der Waals surface area contributed by atoms with Crippen LogP contribution in [-0.4, -0.2) is 22.4 Å². The molecule has 2 amide bonds. The van der Waals surface area contributed by atoms with Crippen molar-refractivity contribution in [3.8, 4) is 11.5 Å². The number of carbonyl (C=O) groups excluding carboxylic acids is 1. The van der Waals surface area contributed by atoms with Gasteiger partial charge in [0.2, 0.25) is 0 Å². The maximum Gasteiger partial charge on any atom is 0.315 e. The van der Waals surface area contributed by atoms with Gasteiger partial charge < -0.3 is 15.4 Å². The summed E-state index contributed by atoms with van der Waals surface area (Å²) in [7, 11) is 0. The molecular weight excluding hydrogens is 371 g/mol. The van der Waals surface area contributed by atoms with Crippen molar-refractivity contribution in [3.63, 3.8) is 0 Å². The highest BCUT2D eigenvalue weighted by Gasteiger charge is 2.03. The Morgan fingerprint density at radius 2 is 1.69 bits per heavy atom. The number of carbonyl (C=O) groups is 1. The zero-order valence-corrected chi connectivity index (χ0v) is 16.6. The first kappa shape index (κ1) is 20.4. The third-order valence-corrected chi connectivity index (χ3v) is 4.36. The number of amides is 2. The van der Waals surface area contributed by atoms with E-state index in [2.05, 4.69) is 15.7 Å². The first-order chi connectivity index (χ1) is 14.0. The summed E-state index contributed by atoms with van der Waals surface area (Å²) >= 11 is 0. The molecule has 152 valence electrons. The molecule has 0 saturated carbocycles. The van der Waals surface area contributed by atoms with Gasteiger partial charge in [0, 0.05) is 25.3 Å². The Bertz CT molecular complexity index is 936. The van der Waals surface area contributed by atoms with Gasteiger partial charge >= 0.3 is 6.03 Å². The van der Waals surface area contributed by atoms with Crippen LogP contribution in [0.3, 0.4) is 0 Å². The van der Waals surface area contributed by atoms with E-state index in [0.717, 1.165) is 29.9 Å². The van der Waals surface area contributed by atoms with Gasteiger partial charge in [-0.1, -0.05) is 12.1 Å². The Morgan fingerprint density at radius 3 is 2.31 bits per heavy atom. The van der Waals surface area contributed by atoms with E-state index in [1.165, 1.54) is 12.1 Å². The minimum atomic E-state index is -0.302. The number of nitrogens with zero attached hydrogens (tertiary/aromatic N) is 2. The van der Waals surface area contributed by atoms with Crippen LogP contribution in [0.2, 0.25) is 0 Å². The lowest BCUT2D eigenvalue weighted by molar-refractivity contribution is 0.240. The zero-order valence-electron chi connectivity index (χ0n) is 16.6. The summed E-state index contributed by atoms with van der Waals surface area (Å²) in [4.78, 5) is 11.9. The molecule has 3 rings (SSSR count). The summed E-state index contributed by atoms with van der Waals surface area (Å²) in [5, 5.41) is 10.1.